The monoisotopic (exact) mass is 478 g/mol. The quantitative estimate of drug-likeness (QED) is 0.262. The van der Waals surface area contributed by atoms with Gasteiger partial charge in [0.25, 0.3) is 5.91 Å². The molecule has 3 N–H and O–H groups in total. The van der Waals surface area contributed by atoms with Crippen molar-refractivity contribution in [2.24, 2.45) is 5.10 Å². The molecule has 0 aliphatic rings. The Morgan fingerprint density at radius 3 is 2.50 bits per heavy atom. The summed E-state index contributed by atoms with van der Waals surface area (Å²) in [5, 5.41) is 9.53. The summed E-state index contributed by atoms with van der Waals surface area (Å²) in [6.07, 6.45) is 1.37. The Morgan fingerprint density at radius 1 is 0.971 bits per heavy atom. The number of nitrogens with one attached hydrogen (secondary N) is 3. The van der Waals surface area contributed by atoms with Crippen LogP contribution in [0.2, 0.25) is 5.02 Å². The molecule has 0 aliphatic carbocycles. The minimum atomic E-state index is -0.881. The van der Waals surface area contributed by atoms with Gasteiger partial charge in [0, 0.05) is 17.3 Å². The lowest BCUT2D eigenvalue weighted by molar-refractivity contribution is -0.139. The van der Waals surface area contributed by atoms with Gasteiger partial charge in [-0.3, -0.25) is 14.4 Å². The van der Waals surface area contributed by atoms with Crippen LogP contribution in [0.5, 0.6) is 5.75 Å². The first kappa shape index (κ1) is 24.5. The van der Waals surface area contributed by atoms with Crippen molar-refractivity contribution in [3.63, 3.8) is 0 Å². The predicted octanol–water partition coefficient (Wildman–Crippen LogP) is 3.43. The van der Waals surface area contributed by atoms with Crippen molar-refractivity contribution in [3.8, 4) is 5.75 Å². The van der Waals surface area contributed by atoms with Crippen molar-refractivity contribution in [2.75, 3.05) is 11.9 Å². The number of rotatable bonds is 8. The van der Waals surface area contributed by atoms with Gasteiger partial charge in [-0.1, -0.05) is 59.6 Å². The van der Waals surface area contributed by atoms with Gasteiger partial charge in [-0.05, 0) is 48.4 Å². The van der Waals surface area contributed by atoms with Crippen LogP contribution in [0.25, 0.3) is 0 Å². The molecule has 0 heterocycles. The molecule has 0 radical (unpaired) electrons. The molecule has 0 atom stereocenters. The van der Waals surface area contributed by atoms with E-state index in [9.17, 15) is 14.4 Å². The predicted molar refractivity (Wildman–Crippen MR) is 131 cm³/mol. The molecule has 0 spiro atoms. The average Bonchev–Trinajstić information content (AvgIpc) is 2.82. The van der Waals surface area contributed by atoms with Crippen LogP contribution in [-0.4, -0.2) is 30.5 Å². The first-order valence-corrected chi connectivity index (χ1v) is 10.7. The molecule has 0 bridgehead atoms. The van der Waals surface area contributed by atoms with Gasteiger partial charge in [0.2, 0.25) is 0 Å². The molecule has 8 nitrogen and oxygen atoms in total. The SMILES string of the molecule is Cc1ccc(CNC(=O)C(=O)N/N=C\c2cccc(OCC(=O)Nc3cccc(Cl)c3)c2)cc1. The van der Waals surface area contributed by atoms with Crippen molar-refractivity contribution in [1.29, 1.82) is 0 Å². The fourth-order valence-electron chi connectivity index (χ4n) is 2.78. The normalized spacial score (nSPS) is 10.5. The summed E-state index contributed by atoms with van der Waals surface area (Å²) in [7, 11) is 0. The topological polar surface area (TPSA) is 109 Å². The van der Waals surface area contributed by atoms with Gasteiger partial charge in [-0.2, -0.15) is 5.10 Å². The summed E-state index contributed by atoms with van der Waals surface area (Å²) >= 11 is 5.90. The van der Waals surface area contributed by atoms with Crippen molar-refractivity contribution in [2.45, 2.75) is 13.5 Å². The van der Waals surface area contributed by atoms with E-state index in [4.69, 9.17) is 16.3 Å². The molecule has 3 aromatic carbocycles. The van der Waals surface area contributed by atoms with Crippen LogP contribution < -0.4 is 20.8 Å². The molecule has 0 saturated heterocycles. The van der Waals surface area contributed by atoms with Crippen molar-refractivity contribution in [1.82, 2.24) is 10.7 Å². The number of ether oxygens (including phenoxy) is 1. The zero-order valence-electron chi connectivity index (χ0n) is 18.4. The van der Waals surface area contributed by atoms with E-state index >= 15 is 0 Å². The van der Waals surface area contributed by atoms with Gasteiger partial charge in [-0.25, -0.2) is 5.43 Å². The average molecular weight is 479 g/mol. The molecule has 0 aromatic heterocycles. The summed E-state index contributed by atoms with van der Waals surface area (Å²) in [6, 6.07) is 21.2. The molecular weight excluding hydrogens is 456 g/mol. The van der Waals surface area contributed by atoms with Gasteiger partial charge in [-0.15, -0.1) is 0 Å². The number of amides is 3. The van der Waals surface area contributed by atoms with Crippen molar-refractivity contribution in [3.05, 3.63) is 94.5 Å². The summed E-state index contributed by atoms with van der Waals surface area (Å²) < 4.78 is 5.50. The number of hydrogen-bond donors (Lipinski definition) is 3. The smallest absolute Gasteiger partial charge is 0.329 e. The summed E-state index contributed by atoms with van der Waals surface area (Å²) in [6.45, 7) is 2.00. The molecule has 3 aromatic rings. The first-order valence-electron chi connectivity index (χ1n) is 10.3. The van der Waals surface area contributed by atoms with Gasteiger partial charge < -0.3 is 15.4 Å². The van der Waals surface area contributed by atoms with Crippen LogP contribution >= 0.6 is 11.6 Å². The molecular formula is C25H23ClN4O4. The minimum Gasteiger partial charge on any atom is -0.484 e. The van der Waals surface area contributed by atoms with Gasteiger partial charge >= 0.3 is 11.8 Å². The number of hydrogen-bond acceptors (Lipinski definition) is 5. The fraction of sp³-hybridized carbons (Fsp3) is 0.120. The van der Waals surface area contributed by atoms with E-state index in [0.29, 0.717) is 22.0 Å². The van der Waals surface area contributed by atoms with Crippen LogP contribution in [0.15, 0.2) is 77.9 Å². The Bertz CT molecular complexity index is 1200. The van der Waals surface area contributed by atoms with Crippen LogP contribution in [0.4, 0.5) is 5.69 Å². The van der Waals surface area contributed by atoms with Gasteiger partial charge in [0.15, 0.2) is 6.61 Å². The molecule has 174 valence electrons. The molecule has 0 saturated carbocycles. The van der Waals surface area contributed by atoms with Crippen molar-refractivity contribution >= 4 is 41.2 Å². The maximum Gasteiger partial charge on any atom is 0.329 e. The highest BCUT2D eigenvalue weighted by molar-refractivity contribution is 6.35. The third-order valence-electron chi connectivity index (χ3n) is 4.50. The molecule has 3 rings (SSSR count). The standard InChI is InChI=1S/C25H23ClN4O4/c1-17-8-10-18(11-9-17)14-27-24(32)25(33)30-28-15-19-4-2-7-22(12-19)34-16-23(31)29-21-6-3-5-20(26)13-21/h2-13,15H,14,16H2,1H3,(H,27,32)(H,29,31)(H,30,33)/b28-15-. The fourth-order valence-corrected chi connectivity index (χ4v) is 2.97. The van der Waals surface area contributed by atoms with Gasteiger partial charge in [0.05, 0.1) is 6.21 Å². The van der Waals surface area contributed by atoms with Crippen LogP contribution in [0.3, 0.4) is 0 Å². The molecule has 34 heavy (non-hydrogen) atoms. The molecule has 0 unspecified atom stereocenters. The Balaban J connectivity index is 1.44. The first-order chi connectivity index (χ1) is 16.4. The number of aryl methyl sites for hydroxylation is 1. The van der Waals surface area contributed by atoms with E-state index in [1.165, 1.54) is 6.21 Å². The second-order valence-electron chi connectivity index (χ2n) is 7.29. The second kappa shape index (κ2) is 12.2. The number of hydrazone groups is 1. The third-order valence-corrected chi connectivity index (χ3v) is 4.73. The molecule has 3 amide bonds. The van der Waals surface area contributed by atoms with Crippen LogP contribution in [-0.2, 0) is 20.9 Å². The summed E-state index contributed by atoms with van der Waals surface area (Å²) in [5.74, 6) is -1.58. The Hall–Kier alpha value is -4.17. The Kier molecular flexibility index (Phi) is 8.76. The van der Waals surface area contributed by atoms with Crippen LogP contribution in [0.1, 0.15) is 16.7 Å². The van der Waals surface area contributed by atoms with E-state index in [1.54, 1.807) is 48.5 Å². The zero-order valence-corrected chi connectivity index (χ0v) is 19.1. The Labute approximate surface area is 202 Å². The highest BCUT2D eigenvalue weighted by atomic mass is 35.5. The van der Waals surface area contributed by atoms with Crippen LogP contribution in [0, 0.1) is 6.92 Å². The summed E-state index contributed by atoms with van der Waals surface area (Å²) in [5.41, 5.74) is 5.35. The lowest BCUT2D eigenvalue weighted by atomic mass is 10.1. The number of carbonyl (C=O) groups excluding carboxylic acids is 3. The minimum absolute atomic E-state index is 0.203. The number of benzene rings is 3. The van der Waals surface area contributed by atoms with E-state index in [0.717, 1.165) is 11.1 Å². The highest BCUT2D eigenvalue weighted by Crippen LogP contribution is 2.15. The number of carbonyl (C=O) groups is 3. The van der Waals surface area contributed by atoms with Gasteiger partial charge in [0.1, 0.15) is 5.75 Å². The zero-order chi connectivity index (χ0) is 24.3. The second-order valence-corrected chi connectivity index (χ2v) is 7.72. The largest absolute Gasteiger partial charge is 0.484 e. The van der Waals surface area contributed by atoms with E-state index in [-0.39, 0.29) is 19.1 Å². The van der Waals surface area contributed by atoms with Crippen molar-refractivity contribution < 1.29 is 19.1 Å². The maximum absolute atomic E-state index is 12.1. The number of halogens is 1. The van der Waals surface area contributed by atoms with E-state index < -0.39 is 11.8 Å². The highest BCUT2D eigenvalue weighted by Gasteiger charge is 2.12. The lowest BCUT2D eigenvalue weighted by Gasteiger charge is -2.08. The maximum atomic E-state index is 12.1. The van der Waals surface area contributed by atoms with E-state index in [2.05, 4.69) is 21.2 Å². The molecule has 0 aliphatic heterocycles. The van der Waals surface area contributed by atoms with E-state index in [1.807, 2.05) is 31.2 Å². The number of anilines is 1. The molecule has 0 fully saturated rings. The lowest BCUT2D eigenvalue weighted by Crippen LogP contribution is -2.37. The molecule has 9 heteroatoms. The Morgan fingerprint density at radius 2 is 1.74 bits per heavy atom. The number of nitrogens with zero attached hydrogens (tertiary/aromatic N) is 1. The summed E-state index contributed by atoms with van der Waals surface area (Å²) in [4.78, 5) is 35.9. The third kappa shape index (κ3) is 8.07.